The van der Waals surface area contributed by atoms with Crippen molar-refractivity contribution in [3.63, 3.8) is 0 Å². The first-order chi connectivity index (χ1) is 12.7. The van der Waals surface area contributed by atoms with Crippen LogP contribution in [-0.2, 0) is 0 Å². The predicted octanol–water partition coefficient (Wildman–Crippen LogP) is 5.78. The molecule has 0 saturated heterocycles. The zero-order chi connectivity index (χ0) is 17.9. The van der Waals surface area contributed by atoms with Gasteiger partial charge >= 0.3 is 0 Å². The lowest BCUT2D eigenvalue weighted by Crippen LogP contribution is -2.23. The van der Waals surface area contributed by atoms with Crippen molar-refractivity contribution in [3.8, 4) is 11.3 Å². The second-order valence-electron chi connectivity index (χ2n) is 7.35. The molecule has 1 atom stereocenters. The number of fused-ring (bicyclic) bond motifs is 1. The number of hydrogen-bond donors (Lipinski definition) is 1. The molecule has 0 aliphatic heterocycles. The summed E-state index contributed by atoms with van der Waals surface area (Å²) in [5.41, 5.74) is 4.34. The van der Waals surface area contributed by atoms with Gasteiger partial charge in [-0.15, -0.1) is 0 Å². The summed E-state index contributed by atoms with van der Waals surface area (Å²) < 4.78 is 0. The molecule has 26 heavy (non-hydrogen) atoms. The standard InChI is InChI=1S/C22H24N2O2/c25-24(26)15-19(16-9-3-1-4-10-16)21-18-13-7-8-14-20(18)23-22(21)17-11-5-2-6-12-17/h2,5-8,11-14,16,19,23H,1,3-4,9-10,15H2. The lowest BCUT2D eigenvalue weighted by atomic mass is 9.75. The summed E-state index contributed by atoms with van der Waals surface area (Å²) in [5.74, 6) is 0.340. The Labute approximate surface area is 153 Å². The summed E-state index contributed by atoms with van der Waals surface area (Å²) in [7, 11) is 0. The molecule has 4 nitrogen and oxygen atoms in total. The predicted molar refractivity (Wildman–Crippen MR) is 105 cm³/mol. The molecule has 0 spiro atoms. The van der Waals surface area contributed by atoms with E-state index in [1.54, 1.807) is 0 Å². The number of H-pyrrole nitrogens is 1. The highest BCUT2D eigenvalue weighted by Crippen LogP contribution is 2.43. The highest BCUT2D eigenvalue weighted by atomic mass is 16.6. The van der Waals surface area contributed by atoms with Crippen molar-refractivity contribution in [3.05, 3.63) is 70.3 Å². The van der Waals surface area contributed by atoms with Gasteiger partial charge in [0.1, 0.15) is 0 Å². The van der Waals surface area contributed by atoms with E-state index in [2.05, 4.69) is 29.2 Å². The van der Waals surface area contributed by atoms with Gasteiger partial charge in [0.25, 0.3) is 0 Å². The van der Waals surface area contributed by atoms with Gasteiger partial charge in [0.2, 0.25) is 6.54 Å². The van der Waals surface area contributed by atoms with Crippen LogP contribution in [0.15, 0.2) is 54.6 Å². The number of nitrogens with one attached hydrogen (secondary N) is 1. The Morgan fingerprint density at radius 3 is 2.42 bits per heavy atom. The Hall–Kier alpha value is -2.62. The minimum atomic E-state index is -0.129. The number of benzene rings is 2. The third-order valence-electron chi connectivity index (χ3n) is 5.74. The van der Waals surface area contributed by atoms with Crippen molar-refractivity contribution in [1.82, 2.24) is 4.98 Å². The van der Waals surface area contributed by atoms with Crippen LogP contribution >= 0.6 is 0 Å². The molecule has 1 fully saturated rings. The fourth-order valence-corrected chi connectivity index (χ4v) is 4.55. The first-order valence-electron chi connectivity index (χ1n) is 9.52. The Morgan fingerprint density at radius 1 is 1.00 bits per heavy atom. The topological polar surface area (TPSA) is 58.9 Å². The monoisotopic (exact) mass is 348 g/mol. The van der Waals surface area contributed by atoms with Gasteiger partial charge in [-0.1, -0.05) is 67.8 Å². The molecule has 0 amide bonds. The summed E-state index contributed by atoms with van der Waals surface area (Å²) in [5, 5.41) is 12.7. The number of hydrogen-bond acceptors (Lipinski definition) is 2. The van der Waals surface area contributed by atoms with E-state index >= 15 is 0 Å². The zero-order valence-corrected chi connectivity index (χ0v) is 14.9. The molecule has 2 aromatic carbocycles. The quantitative estimate of drug-likeness (QED) is 0.469. The van der Waals surface area contributed by atoms with Gasteiger partial charge < -0.3 is 4.98 Å². The van der Waals surface area contributed by atoms with E-state index in [1.807, 2.05) is 30.3 Å². The summed E-state index contributed by atoms with van der Waals surface area (Å²) in [4.78, 5) is 14.9. The third kappa shape index (κ3) is 3.24. The smallest absolute Gasteiger partial charge is 0.211 e. The first-order valence-corrected chi connectivity index (χ1v) is 9.52. The summed E-state index contributed by atoms with van der Waals surface area (Å²) in [6.07, 6.45) is 5.80. The van der Waals surface area contributed by atoms with Crippen LogP contribution in [0.25, 0.3) is 22.2 Å². The van der Waals surface area contributed by atoms with Crippen LogP contribution in [-0.4, -0.2) is 16.5 Å². The highest BCUT2D eigenvalue weighted by Gasteiger charge is 2.33. The van der Waals surface area contributed by atoms with Gasteiger partial charge in [0.05, 0.1) is 11.6 Å². The average molecular weight is 348 g/mol. The molecule has 4 rings (SSSR count). The third-order valence-corrected chi connectivity index (χ3v) is 5.74. The van der Waals surface area contributed by atoms with Crippen molar-refractivity contribution in [1.29, 1.82) is 0 Å². The van der Waals surface area contributed by atoms with Crippen molar-refractivity contribution in [2.45, 2.75) is 38.0 Å². The van der Waals surface area contributed by atoms with Crippen molar-refractivity contribution in [2.24, 2.45) is 5.92 Å². The lowest BCUT2D eigenvalue weighted by Gasteiger charge is -2.28. The number of nitro groups is 1. The molecule has 1 aliphatic carbocycles. The molecule has 1 aliphatic rings. The summed E-state index contributed by atoms with van der Waals surface area (Å²) >= 11 is 0. The molecule has 4 heteroatoms. The molecule has 3 aromatic rings. The average Bonchev–Trinajstić information content (AvgIpc) is 3.07. The Bertz CT molecular complexity index is 895. The highest BCUT2D eigenvalue weighted by molar-refractivity contribution is 5.91. The number of para-hydroxylation sites is 1. The second-order valence-corrected chi connectivity index (χ2v) is 7.35. The van der Waals surface area contributed by atoms with E-state index in [0.717, 1.165) is 40.6 Å². The van der Waals surface area contributed by atoms with E-state index in [-0.39, 0.29) is 17.4 Å². The minimum absolute atomic E-state index is 0.00630. The van der Waals surface area contributed by atoms with E-state index in [4.69, 9.17) is 0 Å². The molecule has 1 saturated carbocycles. The van der Waals surface area contributed by atoms with E-state index < -0.39 is 0 Å². The Balaban J connectivity index is 1.89. The molecule has 1 N–H and O–H groups in total. The van der Waals surface area contributed by atoms with Gasteiger partial charge in [-0.25, -0.2) is 0 Å². The van der Waals surface area contributed by atoms with Crippen LogP contribution < -0.4 is 0 Å². The van der Waals surface area contributed by atoms with E-state index in [0.29, 0.717) is 5.92 Å². The zero-order valence-electron chi connectivity index (χ0n) is 14.9. The Morgan fingerprint density at radius 2 is 1.69 bits per heavy atom. The van der Waals surface area contributed by atoms with Crippen LogP contribution in [0.1, 0.15) is 43.6 Å². The SMILES string of the molecule is O=[N+]([O-])CC(c1c(-c2ccccc2)[nH]c2ccccc12)C1CCCCC1. The van der Waals surface area contributed by atoms with E-state index in [1.165, 1.54) is 19.3 Å². The van der Waals surface area contributed by atoms with Gasteiger partial charge in [-0.2, -0.15) is 0 Å². The maximum absolute atomic E-state index is 11.5. The molecular weight excluding hydrogens is 324 g/mol. The summed E-state index contributed by atoms with van der Waals surface area (Å²) in [6, 6.07) is 18.4. The first kappa shape index (κ1) is 16.8. The van der Waals surface area contributed by atoms with Crippen LogP contribution in [0.4, 0.5) is 0 Å². The minimum Gasteiger partial charge on any atom is -0.354 e. The molecular formula is C22H24N2O2. The lowest BCUT2D eigenvalue weighted by molar-refractivity contribution is -0.485. The number of aromatic nitrogens is 1. The molecule has 1 unspecified atom stereocenters. The van der Waals surface area contributed by atoms with Gasteiger partial charge in [-0.3, -0.25) is 10.1 Å². The number of nitrogens with zero attached hydrogens (tertiary/aromatic N) is 1. The molecule has 134 valence electrons. The molecule has 1 aromatic heterocycles. The normalized spacial score (nSPS) is 16.6. The van der Waals surface area contributed by atoms with Crippen molar-refractivity contribution >= 4 is 10.9 Å². The van der Waals surface area contributed by atoms with Gasteiger partial charge in [0.15, 0.2) is 0 Å². The van der Waals surface area contributed by atoms with Crippen LogP contribution in [0, 0.1) is 16.0 Å². The van der Waals surface area contributed by atoms with Gasteiger partial charge in [-0.05, 0) is 36.0 Å². The number of rotatable bonds is 5. The van der Waals surface area contributed by atoms with Crippen LogP contribution in [0.3, 0.4) is 0 Å². The fourth-order valence-electron chi connectivity index (χ4n) is 4.55. The fraction of sp³-hybridized carbons (Fsp3) is 0.364. The van der Waals surface area contributed by atoms with Crippen LogP contribution in [0.2, 0.25) is 0 Å². The molecule has 0 radical (unpaired) electrons. The second kappa shape index (κ2) is 7.32. The maximum Gasteiger partial charge on any atom is 0.211 e. The maximum atomic E-state index is 11.5. The van der Waals surface area contributed by atoms with Crippen molar-refractivity contribution in [2.75, 3.05) is 6.54 Å². The Kier molecular flexibility index (Phi) is 4.74. The summed E-state index contributed by atoms with van der Waals surface area (Å²) in [6.45, 7) is 0.00630. The van der Waals surface area contributed by atoms with Gasteiger partial charge in [0, 0.05) is 15.8 Å². The largest absolute Gasteiger partial charge is 0.354 e. The number of aromatic amines is 1. The van der Waals surface area contributed by atoms with E-state index in [9.17, 15) is 10.1 Å². The van der Waals surface area contributed by atoms with Crippen molar-refractivity contribution < 1.29 is 4.92 Å². The molecule has 1 heterocycles. The van der Waals surface area contributed by atoms with Crippen LogP contribution in [0.5, 0.6) is 0 Å². The molecule has 0 bridgehead atoms.